The zero-order valence-corrected chi connectivity index (χ0v) is 15.5. The summed E-state index contributed by atoms with van der Waals surface area (Å²) >= 11 is 0. The van der Waals surface area contributed by atoms with E-state index in [1.807, 2.05) is 61.5 Å². The number of fused-ring (bicyclic) bond motifs is 2. The molecular weight excluding hydrogens is 340 g/mol. The number of Topliss-reactive ketones (excluding diaryl/α,β-unsaturated/α-hetero) is 1. The van der Waals surface area contributed by atoms with Gasteiger partial charge in [0.15, 0.2) is 5.78 Å². The maximum atomic E-state index is 13.5. The van der Waals surface area contributed by atoms with E-state index < -0.39 is 5.92 Å². The number of carbonyl (C=O) groups is 2. The van der Waals surface area contributed by atoms with Gasteiger partial charge in [-0.25, -0.2) is 4.79 Å². The summed E-state index contributed by atoms with van der Waals surface area (Å²) in [5.74, 6) is -0.496. The van der Waals surface area contributed by atoms with Gasteiger partial charge < -0.3 is 9.47 Å². The second-order valence-electron chi connectivity index (χ2n) is 7.05. The molecule has 0 spiro atoms. The Morgan fingerprint density at radius 3 is 2.70 bits per heavy atom. The molecule has 2 aromatic rings. The summed E-state index contributed by atoms with van der Waals surface area (Å²) in [5.41, 5.74) is 3.09. The molecular formula is C23H22O4. The Labute approximate surface area is 158 Å². The minimum atomic E-state index is -0.439. The molecule has 0 amide bonds. The van der Waals surface area contributed by atoms with Crippen LogP contribution in [-0.4, -0.2) is 24.5 Å². The van der Waals surface area contributed by atoms with E-state index in [4.69, 9.17) is 9.47 Å². The quantitative estimate of drug-likeness (QED) is 0.767. The topological polar surface area (TPSA) is 52.6 Å². The Morgan fingerprint density at radius 1 is 1.19 bits per heavy atom. The maximum Gasteiger partial charge on any atom is 0.334 e. The molecule has 138 valence electrons. The van der Waals surface area contributed by atoms with Gasteiger partial charge in [-0.2, -0.15) is 0 Å². The monoisotopic (exact) mass is 362 g/mol. The molecule has 0 saturated heterocycles. The van der Waals surface area contributed by atoms with E-state index in [0.717, 1.165) is 11.1 Å². The molecule has 3 atom stereocenters. The lowest BCUT2D eigenvalue weighted by Crippen LogP contribution is -2.44. The van der Waals surface area contributed by atoms with Gasteiger partial charge in [-0.15, -0.1) is 0 Å². The van der Waals surface area contributed by atoms with Crippen LogP contribution in [0.1, 0.15) is 40.7 Å². The molecule has 2 aliphatic rings. The number of esters is 1. The fraction of sp³-hybridized carbons (Fsp3) is 0.304. The second-order valence-corrected chi connectivity index (χ2v) is 7.05. The number of rotatable bonds is 3. The van der Waals surface area contributed by atoms with Gasteiger partial charge in [-0.3, -0.25) is 4.79 Å². The molecule has 0 unspecified atom stereocenters. The van der Waals surface area contributed by atoms with Crippen molar-refractivity contribution in [2.45, 2.75) is 32.3 Å². The molecule has 27 heavy (non-hydrogen) atoms. The van der Waals surface area contributed by atoms with Crippen LogP contribution < -0.4 is 4.74 Å². The van der Waals surface area contributed by atoms with Crippen LogP contribution in [0.25, 0.3) is 0 Å². The summed E-state index contributed by atoms with van der Waals surface area (Å²) in [4.78, 5) is 26.1. The Kier molecular flexibility index (Phi) is 4.56. The summed E-state index contributed by atoms with van der Waals surface area (Å²) in [7, 11) is 0. The number of hydrogen-bond acceptors (Lipinski definition) is 4. The molecule has 0 aromatic heterocycles. The molecule has 1 heterocycles. The highest BCUT2D eigenvalue weighted by Gasteiger charge is 2.47. The maximum absolute atomic E-state index is 13.5. The fourth-order valence-electron chi connectivity index (χ4n) is 4.12. The highest BCUT2D eigenvalue weighted by atomic mass is 16.5. The van der Waals surface area contributed by atoms with Crippen LogP contribution in [-0.2, 0) is 9.53 Å². The normalized spacial score (nSPS) is 23.6. The molecule has 1 aliphatic heterocycles. The fourth-order valence-corrected chi connectivity index (χ4v) is 4.12. The predicted octanol–water partition coefficient (Wildman–Crippen LogP) is 4.23. The lowest BCUT2D eigenvalue weighted by molar-refractivity contribution is -0.139. The van der Waals surface area contributed by atoms with Crippen LogP contribution >= 0.6 is 0 Å². The van der Waals surface area contributed by atoms with Gasteiger partial charge in [-0.1, -0.05) is 48.0 Å². The van der Waals surface area contributed by atoms with Gasteiger partial charge in [-0.05, 0) is 31.5 Å². The van der Waals surface area contributed by atoms with E-state index in [2.05, 4.69) is 0 Å². The standard InChI is InChI=1S/C23H22O4/c1-3-26-23(25)16-10-12-19-21(20(16)15-7-5-4-6-8-15)22(24)17-13-14(2)9-11-18(17)27-19/h4-11,13,19-21H,3,12H2,1-2H3/t19-,20-,21+/m1/s1. The zero-order chi connectivity index (χ0) is 19.0. The largest absolute Gasteiger partial charge is 0.489 e. The third-order valence-electron chi connectivity index (χ3n) is 5.32. The van der Waals surface area contributed by atoms with Gasteiger partial charge in [0.05, 0.1) is 18.1 Å². The number of benzene rings is 2. The van der Waals surface area contributed by atoms with Gasteiger partial charge >= 0.3 is 5.97 Å². The van der Waals surface area contributed by atoms with Crippen molar-refractivity contribution in [1.29, 1.82) is 0 Å². The Hall–Kier alpha value is -2.88. The summed E-state index contributed by atoms with van der Waals surface area (Å²) < 4.78 is 11.5. The van der Waals surface area contributed by atoms with E-state index in [0.29, 0.717) is 29.9 Å². The van der Waals surface area contributed by atoms with Crippen molar-refractivity contribution in [3.8, 4) is 5.75 Å². The van der Waals surface area contributed by atoms with Crippen molar-refractivity contribution in [3.05, 3.63) is 76.9 Å². The molecule has 2 aromatic carbocycles. The van der Waals surface area contributed by atoms with Gasteiger partial charge in [0.2, 0.25) is 0 Å². The van der Waals surface area contributed by atoms with E-state index in [1.165, 1.54) is 0 Å². The van der Waals surface area contributed by atoms with E-state index in [1.54, 1.807) is 6.92 Å². The highest BCUT2D eigenvalue weighted by molar-refractivity contribution is 6.04. The minimum absolute atomic E-state index is 0.0358. The van der Waals surface area contributed by atoms with Crippen molar-refractivity contribution in [3.63, 3.8) is 0 Å². The van der Waals surface area contributed by atoms with Gasteiger partial charge in [0.1, 0.15) is 11.9 Å². The van der Waals surface area contributed by atoms with E-state index >= 15 is 0 Å². The van der Waals surface area contributed by atoms with Crippen LogP contribution in [0.3, 0.4) is 0 Å². The zero-order valence-electron chi connectivity index (χ0n) is 15.5. The molecule has 0 saturated carbocycles. The first-order valence-electron chi connectivity index (χ1n) is 9.33. The van der Waals surface area contributed by atoms with E-state index in [9.17, 15) is 9.59 Å². The molecule has 4 rings (SSSR count). The average molecular weight is 362 g/mol. The van der Waals surface area contributed by atoms with Crippen molar-refractivity contribution < 1.29 is 19.1 Å². The molecule has 0 N–H and O–H groups in total. The van der Waals surface area contributed by atoms with Crippen LogP contribution in [0.5, 0.6) is 5.75 Å². The van der Waals surface area contributed by atoms with Crippen molar-refractivity contribution in [2.24, 2.45) is 5.92 Å². The van der Waals surface area contributed by atoms with E-state index in [-0.39, 0.29) is 23.8 Å². The number of carbonyl (C=O) groups excluding carboxylic acids is 2. The summed E-state index contributed by atoms with van der Waals surface area (Å²) in [6, 6.07) is 15.4. The summed E-state index contributed by atoms with van der Waals surface area (Å²) in [6.45, 7) is 4.05. The first-order valence-corrected chi connectivity index (χ1v) is 9.33. The van der Waals surface area contributed by atoms with Crippen molar-refractivity contribution >= 4 is 11.8 Å². The Bertz CT molecular complexity index is 913. The third kappa shape index (κ3) is 3.05. The predicted molar refractivity (Wildman–Crippen MR) is 102 cm³/mol. The van der Waals surface area contributed by atoms with Gasteiger partial charge in [0, 0.05) is 17.9 Å². The van der Waals surface area contributed by atoms with Crippen LogP contribution in [0.4, 0.5) is 0 Å². The van der Waals surface area contributed by atoms with Crippen LogP contribution in [0.15, 0.2) is 60.2 Å². The average Bonchev–Trinajstić information content (AvgIpc) is 2.69. The second kappa shape index (κ2) is 7.03. The first-order chi connectivity index (χ1) is 13.1. The highest BCUT2D eigenvalue weighted by Crippen LogP contribution is 2.46. The molecule has 4 heteroatoms. The molecule has 4 nitrogen and oxygen atoms in total. The smallest absolute Gasteiger partial charge is 0.334 e. The number of aryl methyl sites for hydroxylation is 1. The third-order valence-corrected chi connectivity index (χ3v) is 5.32. The molecule has 0 fully saturated rings. The lowest BCUT2D eigenvalue weighted by Gasteiger charge is -2.40. The Morgan fingerprint density at radius 2 is 1.96 bits per heavy atom. The molecule has 0 radical (unpaired) electrons. The van der Waals surface area contributed by atoms with Crippen LogP contribution in [0, 0.1) is 12.8 Å². The lowest BCUT2D eigenvalue weighted by atomic mass is 9.69. The molecule has 0 bridgehead atoms. The van der Waals surface area contributed by atoms with Crippen LogP contribution in [0.2, 0.25) is 0 Å². The Balaban J connectivity index is 1.82. The first kappa shape index (κ1) is 17.5. The number of ether oxygens (including phenoxy) is 2. The van der Waals surface area contributed by atoms with Crippen molar-refractivity contribution in [2.75, 3.05) is 6.61 Å². The van der Waals surface area contributed by atoms with Gasteiger partial charge in [0.25, 0.3) is 0 Å². The summed E-state index contributed by atoms with van der Waals surface area (Å²) in [6.07, 6.45) is 2.11. The summed E-state index contributed by atoms with van der Waals surface area (Å²) in [5, 5.41) is 0. The SMILES string of the molecule is CCOC(=O)C1=CC[C@H]2Oc3ccc(C)cc3C(=O)[C@@H]2[C@@H]1c1ccccc1. The molecule has 1 aliphatic carbocycles. The number of ketones is 1. The number of hydrogen-bond donors (Lipinski definition) is 0. The minimum Gasteiger partial charge on any atom is -0.489 e. The van der Waals surface area contributed by atoms with Crippen molar-refractivity contribution in [1.82, 2.24) is 0 Å².